The van der Waals surface area contributed by atoms with E-state index in [1.54, 1.807) is 17.5 Å². The van der Waals surface area contributed by atoms with Crippen LogP contribution < -0.4 is 5.11 Å². The largest absolute Gasteiger partial charge is 0.545 e. The van der Waals surface area contributed by atoms with Crippen molar-refractivity contribution in [3.8, 4) is 0 Å². The summed E-state index contributed by atoms with van der Waals surface area (Å²) < 4.78 is 12.7. The number of hydrogen-bond donors (Lipinski definition) is 0. The van der Waals surface area contributed by atoms with Crippen molar-refractivity contribution in [3.05, 3.63) is 58.0 Å². The van der Waals surface area contributed by atoms with Gasteiger partial charge >= 0.3 is 0 Å². The van der Waals surface area contributed by atoms with E-state index in [0.717, 1.165) is 0 Å². The van der Waals surface area contributed by atoms with Gasteiger partial charge in [0.2, 0.25) is 0 Å². The minimum absolute atomic E-state index is 0.103. The number of halogens is 1. The monoisotopic (exact) mass is 247 g/mol. The molecule has 0 aliphatic rings. The fourth-order valence-corrected chi connectivity index (χ4v) is 2.12. The molecule has 2 aromatic rings. The number of carbonyl (C=O) groups excluding carboxylic acids is 1. The first-order valence-electron chi connectivity index (χ1n) is 4.89. The third-order valence-electron chi connectivity index (χ3n) is 2.19. The molecule has 86 valence electrons. The Balaban J connectivity index is 2.40. The molecule has 0 aliphatic heterocycles. The fourth-order valence-electron chi connectivity index (χ4n) is 1.39. The molecule has 0 saturated carbocycles. The van der Waals surface area contributed by atoms with Gasteiger partial charge < -0.3 is 9.90 Å². The lowest BCUT2D eigenvalue weighted by Gasteiger charge is -2.06. The van der Waals surface area contributed by atoms with E-state index in [2.05, 4.69) is 0 Å². The number of aliphatic carboxylic acids is 1. The van der Waals surface area contributed by atoms with Crippen molar-refractivity contribution in [1.29, 1.82) is 0 Å². The molecule has 17 heavy (non-hydrogen) atoms. The second-order valence-electron chi connectivity index (χ2n) is 3.37. The smallest absolute Gasteiger partial charge is 0.123 e. The summed E-state index contributed by atoms with van der Waals surface area (Å²) in [7, 11) is 0. The summed E-state index contributed by atoms with van der Waals surface area (Å²) in [6, 6.07) is 9.08. The highest BCUT2D eigenvalue weighted by atomic mass is 32.1. The summed E-state index contributed by atoms with van der Waals surface area (Å²) >= 11 is 1.32. The molecular weight excluding hydrogens is 239 g/mol. The van der Waals surface area contributed by atoms with Crippen molar-refractivity contribution in [2.45, 2.75) is 0 Å². The second-order valence-corrected chi connectivity index (χ2v) is 4.32. The van der Waals surface area contributed by atoms with Gasteiger partial charge in [-0.1, -0.05) is 18.2 Å². The van der Waals surface area contributed by atoms with Gasteiger partial charge in [0.25, 0.3) is 0 Å². The minimum Gasteiger partial charge on any atom is -0.545 e. The maximum absolute atomic E-state index is 12.7. The normalized spacial score (nSPS) is 11.5. The van der Waals surface area contributed by atoms with E-state index in [4.69, 9.17) is 0 Å². The van der Waals surface area contributed by atoms with Crippen LogP contribution >= 0.6 is 11.3 Å². The highest BCUT2D eigenvalue weighted by Gasteiger charge is 2.04. The molecule has 0 unspecified atom stereocenters. The van der Waals surface area contributed by atoms with Crippen molar-refractivity contribution >= 4 is 29.0 Å². The molecule has 0 spiro atoms. The Hall–Kier alpha value is -1.94. The van der Waals surface area contributed by atoms with Crippen LogP contribution in [0.4, 0.5) is 4.39 Å². The van der Waals surface area contributed by atoms with Crippen LogP contribution in [-0.2, 0) is 4.79 Å². The third kappa shape index (κ3) is 2.79. The Labute approximate surface area is 102 Å². The molecule has 0 aliphatic carbocycles. The Morgan fingerprint density at radius 1 is 1.24 bits per heavy atom. The average Bonchev–Trinajstić information content (AvgIpc) is 2.81. The lowest BCUT2D eigenvalue weighted by molar-refractivity contribution is -0.295. The van der Waals surface area contributed by atoms with Crippen LogP contribution in [0.3, 0.4) is 0 Å². The van der Waals surface area contributed by atoms with Crippen LogP contribution in [-0.4, -0.2) is 5.97 Å². The van der Waals surface area contributed by atoms with Crippen LogP contribution in [0, 0.1) is 5.82 Å². The van der Waals surface area contributed by atoms with E-state index in [1.807, 2.05) is 0 Å². The van der Waals surface area contributed by atoms with Gasteiger partial charge in [0.1, 0.15) is 5.82 Å². The first-order valence-corrected chi connectivity index (χ1v) is 5.77. The highest BCUT2D eigenvalue weighted by Crippen LogP contribution is 2.22. The van der Waals surface area contributed by atoms with Crippen LogP contribution in [0.5, 0.6) is 0 Å². The molecule has 1 aromatic heterocycles. The zero-order valence-corrected chi connectivity index (χ0v) is 9.54. The number of hydrogen-bond acceptors (Lipinski definition) is 3. The standard InChI is InChI=1S/C13H9FO2S/c14-10-5-3-9(4-6-10)8-11(13(15)16)12-2-1-7-17-12/h1-8H,(H,15,16)/p-1/b11-8+. The van der Waals surface area contributed by atoms with E-state index < -0.39 is 5.97 Å². The molecule has 1 aromatic carbocycles. The van der Waals surface area contributed by atoms with Gasteiger partial charge in [-0.05, 0) is 35.2 Å². The molecule has 0 bridgehead atoms. The van der Waals surface area contributed by atoms with Crippen LogP contribution in [0.15, 0.2) is 41.8 Å². The van der Waals surface area contributed by atoms with Gasteiger partial charge in [-0.3, -0.25) is 0 Å². The molecule has 2 nitrogen and oxygen atoms in total. The predicted molar refractivity (Wildman–Crippen MR) is 63.6 cm³/mol. The Bertz CT molecular complexity index is 541. The molecule has 2 rings (SSSR count). The molecule has 1 heterocycles. The summed E-state index contributed by atoms with van der Waals surface area (Å²) in [5.41, 5.74) is 0.727. The maximum Gasteiger partial charge on any atom is 0.123 e. The number of carboxylic acids is 1. The molecule has 0 amide bonds. The molecule has 0 fully saturated rings. The summed E-state index contributed by atoms with van der Waals surface area (Å²) in [5, 5.41) is 12.8. The SMILES string of the molecule is O=C([O-])/C(=C/c1ccc(F)cc1)c1cccs1. The topological polar surface area (TPSA) is 40.1 Å². The van der Waals surface area contributed by atoms with Crippen molar-refractivity contribution in [1.82, 2.24) is 0 Å². The van der Waals surface area contributed by atoms with E-state index in [0.29, 0.717) is 10.4 Å². The zero-order valence-electron chi connectivity index (χ0n) is 8.72. The summed E-state index contributed by atoms with van der Waals surface area (Å²) in [4.78, 5) is 11.6. The lowest BCUT2D eigenvalue weighted by Crippen LogP contribution is -2.23. The second kappa shape index (κ2) is 4.93. The van der Waals surface area contributed by atoms with Crippen molar-refractivity contribution in [2.24, 2.45) is 0 Å². The minimum atomic E-state index is -1.24. The van der Waals surface area contributed by atoms with Crippen LogP contribution in [0.2, 0.25) is 0 Å². The van der Waals surface area contributed by atoms with Gasteiger partial charge in [-0.2, -0.15) is 0 Å². The fraction of sp³-hybridized carbons (Fsp3) is 0. The van der Waals surface area contributed by atoms with Crippen molar-refractivity contribution in [3.63, 3.8) is 0 Å². The van der Waals surface area contributed by atoms with Crippen molar-refractivity contribution in [2.75, 3.05) is 0 Å². The Kier molecular flexibility index (Phi) is 3.35. The predicted octanol–water partition coefficient (Wildman–Crippen LogP) is 2.18. The summed E-state index contributed by atoms with van der Waals surface area (Å²) in [5.74, 6) is -1.59. The van der Waals surface area contributed by atoms with Crippen molar-refractivity contribution < 1.29 is 14.3 Å². The van der Waals surface area contributed by atoms with E-state index in [9.17, 15) is 14.3 Å². The first kappa shape index (κ1) is 11.5. The lowest BCUT2D eigenvalue weighted by atomic mass is 10.1. The average molecular weight is 247 g/mol. The number of carboxylic acid groups (broad SMARTS) is 1. The van der Waals surface area contributed by atoms with Crippen LogP contribution in [0.1, 0.15) is 10.4 Å². The highest BCUT2D eigenvalue weighted by molar-refractivity contribution is 7.11. The van der Waals surface area contributed by atoms with E-state index >= 15 is 0 Å². The molecule has 0 saturated heterocycles. The summed E-state index contributed by atoms with van der Waals surface area (Å²) in [6.07, 6.45) is 1.47. The molecule has 0 N–H and O–H groups in total. The molecule has 4 heteroatoms. The number of benzene rings is 1. The van der Waals surface area contributed by atoms with Gasteiger partial charge in [0.15, 0.2) is 0 Å². The number of rotatable bonds is 3. The van der Waals surface area contributed by atoms with E-state index in [-0.39, 0.29) is 11.4 Å². The third-order valence-corrected chi connectivity index (χ3v) is 3.09. The number of carbonyl (C=O) groups is 1. The van der Waals surface area contributed by atoms with Gasteiger partial charge in [-0.15, -0.1) is 11.3 Å². The first-order chi connectivity index (χ1) is 8.16. The molecule has 0 radical (unpaired) electrons. The van der Waals surface area contributed by atoms with Gasteiger partial charge in [-0.25, -0.2) is 4.39 Å². The quantitative estimate of drug-likeness (QED) is 0.780. The van der Waals surface area contributed by atoms with E-state index in [1.165, 1.54) is 41.7 Å². The molecule has 0 atom stereocenters. The Morgan fingerprint density at radius 2 is 1.94 bits per heavy atom. The maximum atomic E-state index is 12.7. The van der Waals surface area contributed by atoms with Gasteiger partial charge in [0.05, 0.1) is 5.97 Å². The molecular formula is C13H8FO2S-. The zero-order chi connectivity index (χ0) is 12.3. The summed E-state index contributed by atoms with van der Waals surface area (Å²) in [6.45, 7) is 0. The Morgan fingerprint density at radius 3 is 2.47 bits per heavy atom. The number of thiophene rings is 1. The van der Waals surface area contributed by atoms with Gasteiger partial charge in [0, 0.05) is 10.5 Å². The van der Waals surface area contributed by atoms with Crippen LogP contribution in [0.25, 0.3) is 11.6 Å².